The van der Waals surface area contributed by atoms with Crippen molar-refractivity contribution >= 4 is 12.0 Å². The molecule has 0 saturated carbocycles. The molecule has 190 valence electrons. The second-order valence-corrected chi connectivity index (χ2v) is 10.0. The third-order valence-electron chi connectivity index (χ3n) is 5.48. The Balaban J connectivity index is 1.73. The first kappa shape index (κ1) is 26.7. The molecular weight excluding hydrogens is 454 g/mol. The van der Waals surface area contributed by atoms with Crippen LogP contribution in [0.15, 0.2) is 66.9 Å². The Labute approximate surface area is 213 Å². The monoisotopic (exact) mass is 489 g/mol. The number of nitrogens with two attached hydrogens (primary N) is 1. The minimum absolute atomic E-state index is 0.165. The van der Waals surface area contributed by atoms with Crippen LogP contribution in [0.2, 0.25) is 0 Å². The fraction of sp³-hybridized carbons (Fsp3) is 0.345. The van der Waals surface area contributed by atoms with E-state index in [1.165, 1.54) is 0 Å². The van der Waals surface area contributed by atoms with Gasteiger partial charge < -0.3 is 20.1 Å². The summed E-state index contributed by atoms with van der Waals surface area (Å²) >= 11 is 0. The highest BCUT2D eigenvalue weighted by molar-refractivity contribution is 5.95. The molecule has 0 unspecified atom stereocenters. The quantitative estimate of drug-likeness (QED) is 0.393. The molecule has 0 radical (unpaired) electrons. The summed E-state index contributed by atoms with van der Waals surface area (Å²) in [6.07, 6.45) is 2.04. The number of ether oxygens (including phenoxy) is 2. The van der Waals surface area contributed by atoms with Crippen molar-refractivity contribution in [1.82, 2.24) is 9.88 Å². The van der Waals surface area contributed by atoms with Gasteiger partial charge in [0.1, 0.15) is 16.9 Å². The van der Waals surface area contributed by atoms with Gasteiger partial charge in [0.25, 0.3) is 5.91 Å². The largest absolute Gasteiger partial charge is 0.444 e. The molecule has 0 aliphatic heterocycles. The fourth-order valence-electron chi connectivity index (χ4n) is 3.51. The van der Waals surface area contributed by atoms with Gasteiger partial charge in [0.15, 0.2) is 0 Å². The smallest absolute Gasteiger partial charge is 0.410 e. The van der Waals surface area contributed by atoms with Crippen LogP contribution in [0.25, 0.3) is 0 Å². The normalized spacial score (nSPS) is 11.3. The van der Waals surface area contributed by atoms with E-state index in [1.807, 2.05) is 77.1 Å². The molecule has 0 bridgehead atoms. The van der Waals surface area contributed by atoms with Crippen LogP contribution in [0.4, 0.5) is 4.79 Å². The molecule has 0 saturated heterocycles. The lowest BCUT2D eigenvalue weighted by atomic mass is 10.0. The van der Waals surface area contributed by atoms with Crippen molar-refractivity contribution in [3.05, 3.63) is 89.1 Å². The molecule has 0 atom stereocenters. The molecule has 0 spiro atoms. The molecule has 0 aliphatic carbocycles. The molecule has 1 heterocycles. The van der Waals surface area contributed by atoms with Crippen LogP contribution >= 0.6 is 0 Å². The summed E-state index contributed by atoms with van der Waals surface area (Å²) in [5, 5.41) is 0. The van der Waals surface area contributed by atoms with Gasteiger partial charge >= 0.3 is 6.09 Å². The number of amides is 2. The van der Waals surface area contributed by atoms with E-state index >= 15 is 0 Å². The zero-order chi connectivity index (χ0) is 26.3. The Morgan fingerprint density at radius 3 is 2.25 bits per heavy atom. The molecule has 2 N–H and O–H groups in total. The van der Waals surface area contributed by atoms with Crippen LogP contribution in [0, 0.1) is 0 Å². The average Bonchev–Trinajstić information content (AvgIpc) is 2.82. The lowest BCUT2D eigenvalue weighted by Crippen LogP contribution is -2.37. The number of pyridine rings is 1. The number of carbonyl (C=O) groups excluding carboxylic acids is 2. The molecule has 0 aliphatic rings. The Bertz CT molecular complexity index is 1170. The van der Waals surface area contributed by atoms with Gasteiger partial charge in [-0.15, -0.1) is 0 Å². The number of carbonyl (C=O) groups is 2. The van der Waals surface area contributed by atoms with Gasteiger partial charge in [-0.1, -0.05) is 56.3 Å². The minimum Gasteiger partial charge on any atom is -0.444 e. The van der Waals surface area contributed by atoms with Crippen molar-refractivity contribution in [3.63, 3.8) is 0 Å². The van der Waals surface area contributed by atoms with Crippen LogP contribution in [0.3, 0.4) is 0 Å². The highest BCUT2D eigenvalue weighted by atomic mass is 16.6. The van der Waals surface area contributed by atoms with Crippen molar-refractivity contribution in [1.29, 1.82) is 0 Å². The summed E-state index contributed by atoms with van der Waals surface area (Å²) in [5.41, 5.74) is 8.17. The van der Waals surface area contributed by atoms with Gasteiger partial charge in [-0.2, -0.15) is 0 Å². The standard InChI is InChI=1S/C29H35N3O4/c1-20(2)23-17-25(26(30)33)27(31-18-23)35-24-13-11-22(12-14-24)19-32(28(34)36-29(3,4)5)16-15-21-9-7-6-8-10-21/h6-14,17-18,20H,15-16,19H2,1-5H3,(H2,30,33). The summed E-state index contributed by atoms with van der Waals surface area (Å²) in [6, 6.07) is 19.1. The summed E-state index contributed by atoms with van der Waals surface area (Å²) in [5.74, 6) is 0.291. The fourth-order valence-corrected chi connectivity index (χ4v) is 3.51. The highest BCUT2D eigenvalue weighted by Gasteiger charge is 2.22. The van der Waals surface area contributed by atoms with Gasteiger partial charge in [-0.05, 0) is 68.0 Å². The second-order valence-electron chi connectivity index (χ2n) is 10.0. The first-order valence-corrected chi connectivity index (χ1v) is 12.1. The predicted molar refractivity (Wildman–Crippen MR) is 140 cm³/mol. The van der Waals surface area contributed by atoms with Crippen molar-refractivity contribution in [2.45, 2.75) is 59.1 Å². The second kappa shape index (κ2) is 11.7. The molecule has 0 fully saturated rings. The number of aromatic nitrogens is 1. The van der Waals surface area contributed by atoms with Crippen LogP contribution in [-0.2, 0) is 17.7 Å². The summed E-state index contributed by atoms with van der Waals surface area (Å²) < 4.78 is 11.5. The first-order valence-electron chi connectivity index (χ1n) is 12.1. The molecule has 2 aromatic carbocycles. The Morgan fingerprint density at radius 2 is 1.67 bits per heavy atom. The van der Waals surface area contributed by atoms with Crippen molar-refractivity contribution < 1.29 is 19.1 Å². The van der Waals surface area contributed by atoms with Crippen LogP contribution in [-0.4, -0.2) is 34.0 Å². The number of primary amides is 1. The van der Waals surface area contributed by atoms with E-state index in [4.69, 9.17) is 15.2 Å². The average molecular weight is 490 g/mol. The summed E-state index contributed by atoms with van der Waals surface area (Å²) in [7, 11) is 0. The first-order chi connectivity index (χ1) is 17.0. The van der Waals surface area contributed by atoms with E-state index in [0.29, 0.717) is 18.8 Å². The van der Waals surface area contributed by atoms with Crippen molar-refractivity contribution in [2.75, 3.05) is 6.54 Å². The van der Waals surface area contributed by atoms with E-state index in [2.05, 4.69) is 4.98 Å². The highest BCUT2D eigenvalue weighted by Crippen LogP contribution is 2.26. The van der Waals surface area contributed by atoms with Gasteiger partial charge in [-0.25, -0.2) is 9.78 Å². The molecule has 3 aromatic rings. The van der Waals surface area contributed by atoms with E-state index in [9.17, 15) is 9.59 Å². The number of hydrogen-bond acceptors (Lipinski definition) is 5. The molecule has 7 heteroatoms. The zero-order valence-corrected chi connectivity index (χ0v) is 21.7. The lowest BCUT2D eigenvalue weighted by Gasteiger charge is -2.27. The van der Waals surface area contributed by atoms with Crippen LogP contribution < -0.4 is 10.5 Å². The molecule has 7 nitrogen and oxygen atoms in total. The SMILES string of the molecule is CC(C)c1cnc(Oc2ccc(CN(CCc3ccccc3)C(=O)OC(C)(C)C)cc2)c(C(N)=O)c1. The number of nitrogens with zero attached hydrogens (tertiary/aromatic N) is 2. The molecule has 1 aromatic heterocycles. The predicted octanol–water partition coefficient (Wildman–Crippen LogP) is 6.08. The Kier molecular flexibility index (Phi) is 8.69. The van der Waals surface area contributed by atoms with Gasteiger partial charge in [0.05, 0.1) is 0 Å². The Hall–Kier alpha value is -3.87. The van der Waals surface area contributed by atoms with Gasteiger partial charge in [0.2, 0.25) is 5.88 Å². The lowest BCUT2D eigenvalue weighted by molar-refractivity contribution is 0.0235. The summed E-state index contributed by atoms with van der Waals surface area (Å²) in [6.45, 7) is 10.5. The molecule has 3 rings (SSSR count). The third-order valence-corrected chi connectivity index (χ3v) is 5.48. The summed E-state index contributed by atoms with van der Waals surface area (Å²) in [4.78, 5) is 30.8. The molecule has 36 heavy (non-hydrogen) atoms. The van der Waals surface area contributed by atoms with Gasteiger partial charge in [-0.3, -0.25) is 4.79 Å². The maximum atomic E-state index is 12.9. The topological polar surface area (TPSA) is 94.8 Å². The number of hydrogen-bond donors (Lipinski definition) is 1. The van der Waals surface area contributed by atoms with E-state index in [1.54, 1.807) is 29.3 Å². The van der Waals surface area contributed by atoms with E-state index < -0.39 is 11.5 Å². The zero-order valence-electron chi connectivity index (χ0n) is 21.7. The molecular formula is C29H35N3O4. The Morgan fingerprint density at radius 1 is 1.00 bits per heavy atom. The minimum atomic E-state index is -0.594. The maximum Gasteiger partial charge on any atom is 0.410 e. The van der Waals surface area contributed by atoms with E-state index in [0.717, 1.165) is 23.1 Å². The number of benzene rings is 2. The van der Waals surface area contributed by atoms with Crippen LogP contribution in [0.1, 0.15) is 67.6 Å². The molecule has 2 amide bonds. The third kappa shape index (κ3) is 7.83. The number of rotatable bonds is 9. The van der Waals surface area contributed by atoms with Crippen LogP contribution in [0.5, 0.6) is 11.6 Å². The maximum absolute atomic E-state index is 12.9. The van der Waals surface area contributed by atoms with Gasteiger partial charge in [0, 0.05) is 19.3 Å². The van der Waals surface area contributed by atoms with E-state index in [-0.39, 0.29) is 23.5 Å². The van der Waals surface area contributed by atoms with Crippen molar-refractivity contribution in [3.8, 4) is 11.6 Å². The van der Waals surface area contributed by atoms with Crippen molar-refractivity contribution in [2.24, 2.45) is 5.73 Å².